The number of carbonyl (C=O) groups is 1. The van der Waals surface area contributed by atoms with E-state index in [0.29, 0.717) is 0 Å². The van der Waals surface area contributed by atoms with Gasteiger partial charge in [-0.25, -0.2) is 0 Å². The van der Waals surface area contributed by atoms with Crippen LogP contribution < -0.4 is 4.74 Å². The number of methoxy groups -OCH3 is 1. The first kappa shape index (κ1) is 13.1. The van der Waals surface area contributed by atoms with Gasteiger partial charge in [0.25, 0.3) is 0 Å². The second kappa shape index (κ2) is 5.11. The summed E-state index contributed by atoms with van der Waals surface area (Å²) in [4.78, 5) is 14.5. The Morgan fingerprint density at radius 2 is 1.89 bits per heavy atom. The third-order valence-corrected chi connectivity index (χ3v) is 4.14. The number of carbonyl (C=O) groups excluding carboxylic acids is 1. The lowest BCUT2D eigenvalue weighted by Gasteiger charge is -2.39. The summed E-state index contributed by atoms with van der Waals surface area (Å²) in [6, 6.07) is 7.91. The molecule has 98 valence electrons. The molecule has 0 saturated carbocycles. The molecular formula is C15H21NO2. The number of Topliss-reactive ketones (excluding diaryl/α,β-unsaturated/α-hetero) is 1. The van der Waals surface area contributed by atoms with Crippen LogP contribution in [0.4, 0.5) is 0 Å². The highest BCUT2D eigenvalue weighted by atomic mass is 16.5. The Hall–Kier alpha value is -1.35. The average Bonchev–Trinajstić information content (AvgIpc) is 2.39. The molecule has 0 unspecified atom stereocenters. The zero-order valence-electron chi connectivity index (χ0n) is 11.4. The minimum Gasteiger partial charge on any atom is -0.496 e. The summed E-state index contributed by atoms with van der Waals surface area (Å²) in [5, 5.41) is 0. The predicted molar refractivity (Wildman–Crippen MR) is 72.1 cm³/mol. The Bertz CT molecular complexity index is 434. The van der Waals surface area contributed by atoms with Crippen molar-refractivity contribution in [2.45, 2.75) is 25.2 Å². The van der Waals surface area contributed by atoms with E-state index in [1.165, 1.54) is 0 Å². The number of piperidine rings is 1. The number of benzene rings is 1. The Labute approximate surface area is 109 Å². The van der Waals surface area contributed by atoms with Crippen LogP contribution in [0.2, 0.25) is 0 Å². The van der Waals surface area contributed by atoms with Crippen LogP contribution in [0.25, 0.3) is 0 Å². The van der Waals surface area contributed by atoms with Gasteiger partial charge in [-0.15, -0.1) is 0 Å². The van der Waals surface area contributed by atoms with Gasteiger partial charge in [0.05, 0.1) is 12.5 Å². The number of hydrogen-bond donors (Lipinski definition) is 0. The van der Waals surface area contributed by atoms with Crippen molar-refractivity contribution in [2.75, 3.05) is 27.2 Å². The number of ketones is 1. The number of hydrogen-bond acceptors (Lipinski definition) is 3. The van der Waals surface area contributed by atoms with Gasteiger partial charge < -0.3 is 9.64 Å². The molecule has 0 spiro atoms. The lowest BCUT2D eigenvalue weighted by Crippen LogP contribution is -2.45. The molecule has 1 aromatic rings. The molecule has 0 atom stereocenters. The summed E-state index contributed by atoms with van der Waals surface area (Å²) in [6.07, 6.45) is 1.75. The van der Waals surface area contributed by atoms with Crippen molar-refractivity contribution in [1.29, 1.82) is 0 Å². The van der Waals surface area contributed by atoms with Gasteiger partial charge in [0.1, 0.15) is 11.5 Å². The molecule has 0 amide bonds. The van der Waals surface area contributed by atoms with Gasteiger partial charge in [-0.1, -0.05) is 18.2 Å². The summed E-state index contributed by atoms with van der Waals surface area (Å²) in [6.45, 7) is 3.62. The van der Waals surface area contributed by atoms with E-state index >= 15 is 0 Å². The number of para-hydroxylation sites is 1. The lowest BCUT2D eigenvalue weighted by molar-refractivity contribution is -0.124. The van der Waals surface area contributed by atoms with Crippen LogP contribution >= 0.6 is 0 Å². The maximum atomic E-state index is 12.2. The van der Waals surface area contributed by atoms with Crippen LogP contribution in [0.3, 0.4) is 0 Å². The molecule has 1 aliphatic heterocycles. The Morgan fingerprint density at radius 1 is 1.28 bits per heavy atom. The van der Waals surface area contributed by atoms with Crippen LogP contribution in [0.1, 0.15) is 25.3 Å². The summed E-state index contributed by atoms with van der Waals surface area (Å²) in [5.74, 6) is 1.08. The molecule has 3 heteroatoms. The molecule has 2 rings (SSSR count). The summed E-state index contributed by atoms with van der Waals surface area (Å²) >= 11 is 0. The van der Waals surface area contributed by atoms with Crippen LogP contribution in [0.5, 0.6) is 5.75 Å². The first-order chi connectivity index (χ1) is 8.60. The van der Waals surface area contributed by atoms with Crippen molar-refractivity contribution in [2.24, 2.45) is 0 Å². The van der Waals surface area contributed by atoms with Crippen molar-refractivity contribution >= 4 is 5.78 Å². The van der Waals surface area contributed by atoms with E-state index in [0.717, 1.165) is 37.2 Å². The van der Waals surface area contributed by atoms with Crippen molar-refractivity contribution in [1.82, 2.24) is 4.90 Å². The Morgan fingerprint density at radius 3 is 2.44 bits per heavy atom. The van der Waals surface area contributed by atoms with Gasteiger partial charge in [0, 0.05) is 5.56 Å². The normalized spacial score (nSPS) is 19.5. The maximum absolute atomic E-state index is 12.2. The number of nitrogens with zero attached hydrogens (tertiary/aromatic N) is 1. The summed E-state index contributed by atoms with van der Waals surface area (Å²) in [5.41, 5.74) is 0.687. The minimum absolute atomic E-state index is 0.250. The van der Waals surface area contributed by atoms with Crippen LogP contribution in [-0.4, -0.2) is 37.9 Å². The molecule has 1 saturated heterocycles. The standard InChI is InChI=1S/C15H21NO2/c1-12(17)15(8-10-16(2)11-9-15)13-6-4-5-7-14(13)18-3/h4-7H,8-11H2,1-3H3. The van der Waals surface area contributed by atoms with E-state index in [9.17, 15) is 4.79 Å². The van der Waals surface area contributed by atoms with E-state index < -0.39 is 0 Å². The minimum atomic E-state index is -0.362. The largest absolute Gasteiger partial charge is 0.496 e. The second-order valence-electron chi connectivity index (χ2n) is 5.14. The van der Waals surface area contributed by atoms with Gasteiger partial charge in [-0.05, 0) is 46.0 Å². The molecule has 0 bridgehead atoms. The fraction of sp³-hybridized carbons (Fsp3) is 0.533. The average molecular weight is 247 g/mol. The SMILES string of the molecule is COc1ccccc1C1(C(C)=O)CCN(C)CC1. The highest BCUT2D eigenvalue weighted by molar-refractivity contribution is 5.89. The van der Waals surface area contributed by atoms with E-state index in [2.05, 4.69) is 11.9 Å². The Kier molecular flexibility index (Phi) is 3.71. The monoisotopic (exact) mass is 247 g/mol. The summed E-state index contributed by atoms with van der Waals surface area (Å²) < 4.78 is 5.43. The van der Waals surface area contributed by atoms with Crippen LogP contribution in [0.15, 0.2) is 24.3 Å². The van der Waals surface area contributed by atoms with E-state index in [1.807, 2.05) is 24.3 Å². The molecule has 3 nitrogen and oxygen atoms in total. The third kappa shape index (κ3) is 2.15. The zero-order valence-corrected chi connectivity index (χ0v) is 11.4. The van der Waals surface area contributed by atoms with E-state index in [-0.39, 0.29) is 11.2 Å². The smallest absolute Gasteiger partial charge is 0.140 e. The van der Waals surface area contributed by atoms with E-state index in [4.69, 9.17) is 4.74 Å². The molecular weight excluding hydrogens is 226 g/mol. The molecule has 0 aromatic heterocycles. The van der Waals surface area contributed by atoms with Gasteiger partial charge in [0.2, 0.25) is 0 Å². The summed E-state index contributed by atoms with van der Waals surface area (Å²) in [7, 11) is 3.77. The molecule has 18 heavy (non-hydrogen) atoms. The molecule has 1 aromatic carbocycles. The molecule has 1 fully saturated rings. The lowest BCUT2D eigenvalue weighted by atomic mass is 9.70. The molecule has 0 aliphatic carbocycles. The van der Waals surface area contributed by atoms with Crippen molar-refractivity contribution in [3.63, 3.8) is 0 Å². The number of ether oxygens (including phenoxy) is 1. The highest BCUT2D eigenvalue weighted by Crippen LogP contribution is 2.40. The molecule has 0 N–H and O–H groups in total. The zero-order chi connectivity index (χ0) is 13.2. The molecule has 0 radical (unpaired) electrons. The number of rotatable bonds is 3. The second-order valence-corrected chi connectivity index (χ2v) is 5.14. The topological polar surface area (TPSA) is 29.5 Å². The maximum Gasteiger partial charge on any atom is 0.140 e. The van der Waals surface area contributed by atoms with Crippen LogP contribution in [-0.2, 0) is 10.2 Å². The van der Waals surface area contributed by atoms with Crippen molar-refractivity contribution in [3.8, 4) is 5.75 Å². The fourth-order valence-corrected chi connectivity index (χ4v) is 2.85. The quantitative estimate of drug-likeness (QED) is 0.820. The molecule has 1 aliphatic rings. The highest BCUT2D eigenvalue weighted by Gasteiger charge is 2.41. The van der Waals surface area contributed by atoms with Gasteiger partial charge >= 0.3 is 0 Å². The van der Waals surface area contributed by atoms with Crippen LogP contribution in [0, 0.1) is 0 Å². The first-order valence-corrected chi connectivity index (χ1v) is 6.43. The third-order valence-electron chi connectivity index (χ3n) is 4.14. The fourth-order valence-electron chi connectivity index (χ4n) is 2.85. The predicted octanol–water partition coefficient (Wildman–Crippen LogP) is 2.25. The van der Waals surface area contributed by atoms with Gasteiger partial charge in [-0.3, -0.25) is 4.79 Å². The number of likely N-dealkylation sites (tertiary alicyclic amines) is 1. The molecule has 1 heterocycles. The van der Waals surface area contributed by atoms with Gasteiger partial charge in [0.15, 0.2) is 0 Å². The Balaban J connectivity index is 2.44. The van der Waals surface area contributed by atoms with Gasteiger partial charge in [-0.2, -0.15) is 0 Å². The first-order valence-electron chi connectivity index (χ1n) is 6.43. The van der Waals surface area contributed by atoms with E-state index in [1.54, 1.807) is 14.0 Å². The van der Waals surface area contributed by atoms with Crippen molar-refractivity contribution < 1.29 is 9.53 Å². The van der Waals surface area contributed by atoms with Crippen molar-refractivity contribution in [3.05, 3.63) is 29.8 Å².